The van der Waals surface area contributed by atoms with Gasteiger partial charge in [0.1, 0.15) is 5.56 Å². The molecule has 0 unspecified atom stereocenters. The fourth-order valence-corrected chi connectivity index (χ4v) is 3.63. The van der Waals surface area contributed by atoms with Crippen LogP contribution in [0.1, 0.15) is 23.2 Å². The van der Waals surface area contributed by atoms with Gasteiger partial charge < -0.3 is 10.1 Å². The Hall–Kier alpha value is -3.25. The molecule has 6 nitrogen and oxygen atoms in total. The molecule has 2 aromatic carbocycles. The van der Waals surface area contributed by atoms with Gasteiger partial charge >= 0.3 is 0 Å². The predicted molar refractivity (Wildman–Crippen MR) is 112 cm³/mol. The smallest absolute Gasteiger partial charge is 0.280 e. The number of hydrogen-bond donors (Lipinski definition) is 1. The Morgan fingerprint density at radius 3 is 2.38 bits per heavy atom. The zero-order valence-corrected chi connectivity index (χ0v) is 16.3. The lowest BCUT2D eigenvalue weighted by atomic mass is 9.95. The van der Waals surface area contributed by atoms with Crippen LogP contribution >= 0.6 is 0 Å². The van der Waals surface area contributed by atoms with Crippen molar-refractivity contribution in [1.29, 1.82) is 0 Å². The van der Waals surface area contributed by atoms with E-state index >= 15 is 0 Å². The van der Waals surface area contributed by atoms with Crippen LogP contribution in [0.3, 0.4) is 0 Å². The molecule has 1 atom stereocenters. The molecule has 0 saturated carbocycles. The molecular weight excluding hydrogens is 366 g/mol. The Bertz CT molecular complexity index is 1060. The van der Waals surface area contributed by atoms with Crippen LogP contribution in [0, 0.1) is 0 Å². The molecule has 1 aliphatic heterocycles. The topological polar surface area (TPSA) is 73.2 Å². The lowest BCUT2D eigenvalue weighted by Gasteiger charge is -2.17. The summed E-state index contributed by atoms with van der Waals surface area (Å²) in [5, 5.41) is 7.39. The molecule has 1 amide bonds. The zero-order valence-electron chi connectivity index (χ0n) is 16.3. The summed E-state index contributed by atoms with van der Waals surface area (Å²) in [5.74, 6) is -0.403. The standard InChI is InChI=1S/C23H23N3O3/c1-26-23(28)20(22(27)24-15-18-13-8-14-29-18)19(16-9-4-2-5-10-16)21(25-26)17-11-6-3-7-12-17/h2-7,9-12,18H,8,13-15H2,1H3,(H,24,27)/t18-/m0/s1. The Morgan fingerprint density at radius 2 is 1.76 bits per heavy atom. The third-order valence-electron chi connectivity index (χ3n) is 5.10. The van der Waals surface area contributed by atoms with Crippen LogP contribution in [-0.4, -0.2) is 34.9 Å². The molecule has 1 N–H and O–H groups in total. The van der Waals surface area contributed by atoms with Gasteiger partial charge in [0, 0.05) is 31.3 Å². The Labute approximate surface area is 169 Å². The minimum absolute atomic E-state index is 0.00147. The Morgan fingerprint density at radius 1 is 1.10 bits per heavy atom. The molecule has 1 aliphatic rings. The fourth-order valence-electron chi connectivity index (χ4n) is 3.63. The molecule has 1 aromatic heterocycles. The highest BCUT2D eigenvalue weighted by molar-refractivity contribution is 6.03. The maximum absolute atomic E-state index is 13.1. The molecule has 0 bridgehead atoms. The summed E-state index contributed by atoms with van der Waals surface area (Å²) < 4.78 is 6.82. The number of amides is 1. The van der Waals surface area contributed by atoms with Gasteiger partial charge in [-0.2, -0.15) is 5.10 Å². The van der Waals surface area contributed by atoms with Crippen molar-refractivity contribution < 1.29 is 9.53 Å². The second-order valence-electron chi connectivity index (χ2n) is 7.10. The van der Waals surface area contributed by atoms with Crippen LogP contribution in [0.5, 0.6) is 0 Å². The number of rotatable bonds is 5. The molecule has 0 aliphatic carbocycles. The van der Waals surface area contributed by atoms with Gasteiger partial charge in [-0.05, 0) is 18.4 Å². The predicted octanol–water partition coefficient (Wildman–Crippen LogP) is 3.02. The maximum Gasteiger partial charge on any atom is 0.280 e. The normalized spacial score (nSPS) is 16.0. The Balaban J connectivity index is 1.85. The highest BCUT2D eigenvalue weighted by atomic mass is 16.5. The first kappa shape index (κ1) is 19.1. The summed E-state index contributed by atoms with van der Waals surface area (Å²) >= 11 is 0. The SMILES string of the molecule is Cn1nc(-c2ccccc2)c(-c2ccccc2)c(C(=O)NC[C@@H]2CCCO2)c1=O. The molecule has 0 spiro atoms. The van der Waals surface area contributed by atoms with Gasteiger partial charge in [-0.15, -0.1) is 0 Å². The minimum atomic E-state index is -0.423. The van der Waals surface area contributed by atoms with Crippen molar-refractivity contribution in [3.05, 3.63) is 76.6 Å². The number of aromatic nitrogens is 2. The highest BCUT2D eigenvalue weighted by Crippen LogP contribution is 2.31. The average molecular weight is 389 g/mol. The van der Waals surface area contributed by atoms with Crippen molar-refractivity contribution in [3.63, 3.8) is 0 Å². The van der Waals surface area contributed by atoms with E-state index in [1.165, 1.54) is 4.68 Å². The summed E-state index contributed by atoms with van der Waals surface area (Å²) in [6, 6.07) is 19.0. The van der Waals surface area contributed by atoms with Crippen LogP contribution in [0.25, 0.3) is 22.4 Å². The Kier molecular flexibility index (Phi) is 5.53. The van der Waals surface area contributed by atoms with Crippen LogP contribution in [-0.2, 0) is 11.8 Å². The van der Waals surface area contributed by atoms with Crippen LogP contribution < -0.4 is 10.9 Å². The lowest BCUT2D eigenvalue weighted by molar-refractivity contribution is 0.0856. The van der Waals surface area contributed by atoms with Crippen molar-refractivity contribution in [2.45, 2.75) is 18.9 Å². The molecule has 0 radical (unpaired) electrons. The van der Waals surface area contributed by atoms with Gasteiger partial charge in [-0.1, -0.05) is 60.7 Å². The molecule has 3 aromatic rings. The number of nitrogens with zero attached hydrogens (tertiary/aromatic N) is 2. The molecule has 29 heavy (non-hydrogen) atoms. The van der Waals surface area contributed by atoms with Crippen molar-refractivity contribution in [3.8, 4) is 22.4 Å². The number of carbonyl (C=O) groups is 1. The third kappa shape index (κ3) is 3.98. The van der Waals surface area contributed by atoms with E-state index in [0.29, 0.717) is 24.4 Å². The van der Waals surface area contributed by atoms with Crippen molar-refractivity contribution in [1.82, 2.24) is 15.1 Å². The lowest BCUT2D eigenvalue weighted by Crippen LogP contribution is -2.37. The second kappa shape index (κ2) is 8.41. The fraction of sp³-hybridized carbons (Fsp3) is 0.261. The van der Waals surface area contributed by atoms with E-state index in [1.54, 1.807) is 7.05 Å². The summed E-state index contributed by atoms with van der Waals surface area (Å²) in [7, 11) is 1.57. The molecule has 148 valence electrons. The number of carbonyl (C=O) groups excluding carboxylic acids is 1. The van der Waals surface area contributed by atoms with Gasteiger partial charge in [0.15, 0.2) is 0 Å². The van der Waals surface area contributed by atoms with E-state index in [0.717, 1.165) is 24.0 Å². The first-order valence-electron chi connectivity index (χ1n) is 9.77. The van der Waals surface area contributed by atoms with E-state index in [4.69, 9.17) is 4.74 Å². The number of nitrogens with one attached hydrogen (secondary N) is 1. The molecule has 6 heteroatoms. The molecule has 1 fully saturated rings. The van der Waals surface area contributed by atoms with Crippen LogP contribution in [0.15, 0.2) is 65.5 Å². The van der Waals surface area contributed by atoms with Crippen molar-refractivity contribution >= 4 is 5.91 Å². The monoisotopic (exact) mass is 389 g/mol. The largest absolute Gasteiger partial charge is 0.376 e. The summed E-state index contributed by atoms with van der Waals surface area (Å²) in [4.78, 5) is 26.1. The van der Waals surface area contributed by atoms with Crippen molar-refractivity contribution in [2.75, 3.05) is 13.2 Å². The highest BCUT2D eigenvalue weighted by Gasteiger charge is 2.25. The van der Waals surface area contributed by atoms with Gasteiger partial charge in [0.2, 0.25) is 0 Å². The number of aryl methyl sites for hydroxylation is 1. The average Bonchev–Trinajstić information content (AvgIpc) is 3.28. The first-order valence-corrected chi connectivity index (χ1v) is 9.77. The van der Waals surface area contributed by atoms with E-state index in [-0.39, 0.29) is 11.7 Å². The minimum Gasteiger partial charge on any atom is -0.376 e. The van der Waals surface area contributed by atoms with Gasteiger partial charge in [-0.25, -0.2) is 4.68 Å². The van der Waals surface area contributed by atoms with E-state index in [1.807, 2.05) is 60.7 Å². The quantitative estimate of drug-likeness (QED) is 0.728. The maximum atomic E-state index is 13.1. The van der Waals surface area contributed by atoms with E-state index in [9.17, 15) is 9.59 Å². The molecule has 4 rings (SSSR count). The van der Waals surface area contributed by atoms with Crippen LogP contribution in [0.2, 0.25) is 0 Å². The second-order valence-corrected chi connectivity index (χ2v) is 7.10. The van der Waals surface area contributed by atoms with E-state index in [2.05, 4.69) is 10.4 Å². The summed E-state index contributed by atoms with van der Waals surface area (Å²) in [5.41, 5.74) is 2.44. The summed E-state index contributed by atoms with van der Waals surface area (Å²) in [6.45, 7) is 1.10. The van der Waals surface area contributed by atoms with Crippen LogP contribution in [0.4, 0.5) is 0 Å². The first-order chi connectivity index (χ1) is 14.1. The molecular formula is C23H23N3O3. The van der Waals surface area contributed by atoms with E-state index < -0.39 is 11.5 Å². The van der Waals surface area contributed by atoms with Gasteiger partial charge in [0.25, 0.3) is 11.5 Å². The van der Waals surface area contributed by atoms with Gasteiger partial charge in [0.05, 0.1) is 11.8 Å². The summed E-state index contributed by atoms with van der Waals surface area (Å²) in [6.07, 6.45) is 1.90. The zero-order chi connectivity index (χ0) is 20.2. The third-order valence-corrected chi connectivity index (χ3v) is 5.10. The van der Waals surface area contributed by atoms with Crippen molar-refractivity contribution in [2.24, 2.45) is 7.05 Å². The molecule has 2 heterocycles. The molecule has 1 saturated heterocycles. The number of ether oxygens (including phenoxy) is 1. The number of benzene rings is 2. The number of hydrogen-bond acceptors (Lipinski definition) is 4. The van der Waals surface area contributed by atoms with Gasteiger partial charge in [-0.3, -0.25) is 9.59 Å².